The third-order valence-corrected chi connectivity index (χ3v) is 8.11. The maximum atomic E-state index is 12.8. The van der Waals surface area contributed by atoms with Gasteiger partial charge in [0, 0.05) is 24.2 Å². The predicted octanol–water partition coefficient (Wildman–Crippen LogP) is 2.49. The van der Waals surface area contributed by atoms with Crippen molar-refractivity contribution in [3.8, 4) is 0 Å². The molecule has 2 aromatic rings. The highest BCUT2D eigenvalue weighted by Crippen LogP contribution is 2.24. The molecular formula is C21H27N3O6S2. The molecule has 0 unspecified atom stereocenters. The molecule has 0 saturated carbocycles. The van der Waals surface area contributed by atoms with Gasteiger partial charge in [-0.05, 0) is 42.5 Å². The average molecular weight is 482 g/mol. The zero-order chi connectivity index (χ0) is 23.6. The molecule has 2 aromatic carbocycles. The maximum Gasteiger partial charge on any atom is 0.261 e. The standard InChI is InChI=1S/C21H27N3O6S2/c1-21(2,3)20(25)22-16-5-4-6-17(15-16)23-31(26,27)18-7-9-19(10-8-18)32(28,29)24-11-13-30-14-12-24/h4-10,15,23H,11-14H2,1-3H3,(H,22,25). The summed E-state index contributed by atoms with van der Waals surface area (Å²) in [6.45, 7) is 6.49. The van der Waals surface area contributed by atoms with Crippen molar-refractivity contribution in [2.24, 2.45) is 5.41 Å². The van der Waals surface area contributed by atoms with Gasteiger partial charge in [-0.2, -0.15) is 4.31 Å². The molecule has 32 heavy (non-hydrogen) atoms. The van der Waals surface area contributed by atoms with Crippen molar-refractivity contribution in [1.29, 1.82) is 0 Å². The van der Waals surface area contributed by atoms with Crippen LogP contribution in [0.4, 0.5) is 11.4 Å². The van der Waals surface area contributed by atoms with E-state index in [2.05, 4.69) is 10.0 Å². The highest BCUT2D eigenvalue weighted by Gasteiger charge is 2.27. The lowest BCUT2D eigenvalue weighted by molar-refractivity contribution is -0.123. The van der Waals surface area contributed by atoms with E-state index in [1.807, 2.05) is 0 Å². The average Bonchev–Trinajstić information content (AvgIpc) is 2.74. The van der Waals surface area contributed by atoms with Crippen LogP contribution < -0.4 is 10.0 Å². The number of morpholine rings is 1. The van der Waals surface area contributed by atoms with Crippen molar-refractivity contribution in [1.82, 2.24) is 4.31 Å². The van der Waals surface area contributed by atoms with Crippen LogP contribution in [0.3, 0.4) is 0 Å². The van der Waals surface area contributed by atoms with Crippen LogP contribution in [0.1, 0.15) is 20.8 Å². The fourth-order valence-electron chi connectivity index (χ4n) is 2.92. The highest BCUT2D eigenvalue weighted by atomic mass is 32.2. The number of amides is 1. The van der Waals surface area contributed by atoms with E-state index in [-0.39, 0.29) is 34.5 Å². The monoisotopic (exact) mass is 481 g/mol. The molecule has 0 aliphatic carbocycles. The molecule has 1 aliphatic heterocycles. The molecule has 1 amide bonds. The summed E-state index contributed by atoms with van der Waals surface area (Å²) in [5.41, 5.74) is 0.123. The summed E-state index contributed by atoms with van der Waals surface area (Å²) in [5, 5.41) is 2.75. The molecule has 9 nitrogen and oxygen atoms in total. The van der Waals surface area contributed by atoms with E-state index >= 15 is 0 Å². The molecule has 1 fully saturated rings. The van der Waals surface area contributed by atoms with Crippen molar-refractivity contribution in [3.63, 3.8) is 0 Å². The summed E-state index contributed by atoms with van der Waals surface area (Å²) >= 11 is 0. The zero-order valence-corrected chi connectivity index (χ0v) is 19.8. The molecule has 1 heterocycles. The van der Waals surface area contributed by atoms with Crippen LogP contribution in [0, 0.1) is 5.41 Å². The van der Waals surface area contributed by atoms with E-state index in [0.29, 0.717) is 18.9 Å². The van der Waals surface area contributed by atoms with Crippen molar-refractivity contribution >= 4 is 37.3 Å². The number of sulfonamides is 2. The van der Waals surface area contributed by atoms with Gasteiger partial charge in [0.25, 0.3) is 10.0 Å². The predicted molar refractivity (Wildman–Crippen MR) is 121 cm³/mol. The molecule has 174 valence electrons. The molecule has 1 aliphatic rings. The minimum absolute atomic E-state index is 0.0187. The minimum Gasteiger partial charge on any atom is -0.379 e. The molecule has 0 aromatic heterocycles. The fraction of sp³-hybridized carbons (Fsp3) is 0.381. The van der Waals surface area contributed by atoms with Crippen LogP contribution in [0.25, 0.3) is 0 Å². The Bertz CT molecular complexity index is 1180. The van der Waals surface area contributed by atoms with Gasteiger partial charge >= 0.3 is 0 Å². The number of hydrogen-bond acceptors (Lipinski definition) is 6. The topological polar surface area (TPSA) is 122 Å². The summed E-state index contributed by atoms with van der Waals surface area (Å²) < 4.78 is 59.9. The molecule has 1 saturated heterocycles. The van der Waals surface area contributed by atoms with Gasteiger partial charge in [0.15, 0.2) is 0 Å². The van der Waals surface area contributed by atoms with Gasteiger partial charge in [-0.1, -0.05) is 26.8 Å². The Labute approximate surface area is 188 Å². The Morgan fingerprint density at radius 1 is 0.906 bits per heavy atom. The van der Waals surface area contributed by atoms with Crippen LogP contribution in [-0.2, 0) is 29.6 Å². The molecule has 3 rings (SSSR count). The first-order valence-electron chi connectivity index (χ1n) is 10.0. The smallest absolute Gasteiger partial charge is 0.261 e. The SMILES string of the molecule is CC(C)(C)C(=O)Nc1cccc(NS(=O)(=O)c2ccc(S(=O)(=O)N3CCOCC3)cc2)c1. The molecule has 0 radical (unpaired) electrons. The van der Waals surface area contributed by atoms with Crippen LogP contribution in [0.5, 0.6) is 0 Å². The molecule has 11 heteroatoms. The number of anilines is 2. The number of nitrogens with one attached hydrogen (secondary N) is 2. The molecular weight excluding hydrogens is 454 g/mol. The number of carbonyl (C=O) groups excluding carboxylic acids is 1. The van der Waals surface area contributed by atoms with E-state index in [0.717, 1.165) is 0 Å². The van der Waals surface area contributed by atoms with Gasteiger partial charge in [-0.3, -0.25) is 9.52 Å². The first-order chi connectivity index (χ1) is 14.9. The van der Waals surface area contributed by atoms with Crippen molar-refractivity contribution < 1.29 is 26.4 Å². The number of benzene rings is 2. The Hall–Kier alpha value is -2.47. The minimum atomic E-state index is -3.97. The molecule has 0 bridgehead atoms. The Morgan fingerprint density at radius 3 is 2.06 bits per heavy atom. The van der Waals surface area contributed by atoms with Gasteiger partial charge < -0.3 is 10.1 Å². The van der Waals surface area contributed by atoms with Gasteiger partial charge in [0.2, 0.25) is 15.9 Å². The van der Waals surface area contributed by atoms with Crippen LogP contribution >= 0.6 is 0 Å². The lowest BCUT2D eigenvalue weighted by Gasteiger charge is -2.26. The van der Waals surface area contributed by atoms with E-state index in [1.54, 1.807) is 39.0 Å². The van der Waals surface area contributed by atoms with Gasteiger partial charge in [-0.25, -0.2) is 16.8 Å². The van der Waals surface area contributed by atoms with Crippen molar-refractivity contribution in [2.75, 3.05) is 36.3 Å². The number of carbonyl (C=O) groups is 1. The summed E-state index contributed by atoms with van der Waals surface area (Å²) in [6, 6.07) is 11.4. The Morgan fingerprint density at radius 2 is 1.47 bits per heavy atom. The third-order valence-electron chi connectivity index (χ3n) is 4.80. The number of rotatable bonds is 6. The number of nitrogens with zero attached hydrogens (tertiary/aromatic N) is 1. The maximum absolute atomic E-state index is 12.8. The number of ether oxygens (including phenoxy) is 1. The second-order valence-corrected chi connectivity index (χ2v) is 12.0. The van der Waals surface area contributed by atoms with Gasteiger partial charge in [0.05, 0.1) is 28.7 Å². The summed E-state index contributed by atoms with van der Waals surface area (Å²) in [6.07, 6.45) is 0. The molecule has 0 spiro atoms. The second kappa shape index (κ2) is 9.18. The highest BCUT2D eigenvalue weighted by molar-refractivity contribution is 7.92. The quantitative estimate of drug-likeness (QED) is 0.654. The summed E-state index contributed by atoms with van der Waals surface area (Å²) in [5.74, 6) is -0.199. The number of hydrogen-bond donors (Lipinski definition) is 2. The lowest BCUT2D eigenvalue weighted by atomic mass is 9.95. The largest absolute Gasteiger partial charge is 0.379 e. The zero-order valence-electron chi connectivity index (χ0n) is 18.2. The lowest BCUT2D eigenvalue weighted by Crippen LogP contribution is -2.40. The normalized spacial score (nSPS) is 15.8. The van der Waals surface area contributed by atoms with E-state index in [1.165, 1.54) is 34.6 Å². The van der Waals surface area contributed by atoms with Gasteiger partial charge in [0.1, 0.15) is 0 Å². The molecule has 2 N–H and O–H groups in total. The van der Waals surface area contributed by atoms with Crippen LogP contribution in [0.15, 0.2) is 58.3 Å². The fourth-order valence-corrected chi connectivity index (χ4v) is 5.38. The Kier molecular flexibility index (Phi) is 6.94. The summed E-state index contributed by atoms with van der Waals surface area (Å²) in [7, 11) is -7.68. The third kappa shape index (κ3) is 5.66. The first kappa shape index (κ1) is 24.2. The van der Waals surface area contributed by atoms with Crippen LogP contribution in [-0.4, -0.2) is 53.4 Å². The van der Waals surface area contributed by atoms with Crippen molar-refractivity contribution in [2.45, 2.75) is 30.6 Å². The molecule has 0 atom stereocenters. The Balaban J connectivity index is 1.76. The van der Waals surface area contributed by atoms with Crippen molar-refractivity contribution in [3.05, 3.63) is 48.5 Å². The van der Waals surface area contributed by atoms with E-state index in [4.69, 9.17) is 4.74 Å². The summed E-state index contributed by atoms with van der Waals surface area (Å²) in [4.78, 5) is 12.1. The second-order valence-electron chi connectivity index (χ2n) is 8.38. The van der Waals surface area contributed by atoms with Crippen LogP contribution in [0.2, 0.25) is 0 Å². The van der Waals surface area contributed by atoms with Gasteiger partial charge in [-0.15, -0.1) is 0 Å². The first-order valence-corrected chi connectivity index (χ1v) is 12.9. The van der Waals surface area contributed by atoms with E-state index < -0.39 is 25.5 Å². The van der Waals surface area contributed by atoms with E-state index in [9.17, 15) is 21.6 Å².